The van der Waals surface area contributed by atoms with E-state index < -0.39 is 43.4 Å². The minimum absolute atomic E-state index is 0.168. The van der Waals surface area contributed by atoms with Crippen molar-refractivity contribution in [2.45, 2.75) is 159 Å². The normalized spacial score (nSPS) is 25.2. The van der Waals surface area contributed by atoms with E-state index in [0.717, 1.165) is 18.4 Å². The van der Waals surface area contributed by atoms with Crippen molar-refractivity contribution in [3.8, 4) is 0 Å². The average Bonchev–Trinajstić information content (AvgIpc) is 3.41. The number of nitrogens with zero attached hydrogens (tertiary/aromatic N) is 3. The number of aliphatic hydroxyl groups is 2. The summed E-state index contributed by atoms with van der Waals surface area (Å²) in [6, 6.07) is 13.0. The number of nitrogens with two attached hydrogens (primary N) is 1. The van der Waals surface area contributed by atoms with Crippen molar-refractivity contribution in [3.05, 3.63) is 60.0 Å². The number of hydrogen-bond donors (Lipinski definition) is 4. The van der Waals surface area contributed by atoms with Gasteiger partial charge in [0.1, 0.15) is 41.9 Å². The highest BCUT2D eigenvalue weighted by Crippen LogP contribution is 2.63. The van der Waals surface area contributed by atoms with E-state index in [0.29, 0.717) is 17.8 Å². The molecule has 13 nitrogen and oxygen atoms in total. The maximum atomic E-state index is 13.1. The van der Waals surface area contributed by atoms with Crippen LogP contribution in [0.3, 0.4) is 0 Å². The van der Waals surface area contributed by atoms with Gasteiger partial charge in [-0.2, -0.15) is 5.10 Å². The Hall–Kier alpha value is -2.45. The predicted molar refractivity (Wildman–Crippen MR) is 207 cm³/mol. The maximum absolute atomic E-state index is 13.1. The Bertz CT molecular complexity index is 1600. The summed E-state index contributed by atoms with van der Waals surface area (Å²) < 4.78 is 43.3. The minimum atomic E-state index is -4.71. The molecule has 2 aliphatic rings. The van der Waals surface area contributed by atoms with E-state index in [1.54, 1.807) is 19.1 Å². The molecule has 7 atom stereocenters. The van der Waals surface area contributed by atoms with Crippen LogP contribution in [-0.2, 0) is 40.0 Å². The highest BCUT2D eigenvalue weighted by Gasteiger charge is 2.82. The quantitative estimate of drug-likeness (QED) is 0.0425. The molecule has 3 aromatic rings. The number of rotatable bonds is 28. The minimum Gasteiger partial charge on any atom is -0.386 e. The topological polar surface area (TPSA) is 180 Å². The first kappa shape index (κ1) is 42.7. The molecule has 0 spiro atoms. The summed E-state index contributed by atoms with van der Waals surface area (Å²) in [5, 5.41) is 26.8. The third-order valence-corrected chi connectivity index (χ3v) is 11.8. The molecule has 0 bridgehead atoms. The van der Waals surface area contributed by atoms with Gasteiger partial charge in [-0.15, -0.1) is 0 Å². The second-order valence-electron chi connectivity index (χ2n) is 15.2. The van der Waals surface area contributed by atoms with Crippen molar-refractivity contribution < 1.29 is 42.9 Å². The van der Waals surface area contributed by atoms with Crippen LogP contribution in [0.5, 0.6) is 0 Å². The highest BCUT2D eigenvalue weighted by molar-refractivity contribution is 7.47. The number of phosphoric ester groups is 1. The molecule has 1 aliphatic carbocycles. The fraction of sp³-hybridized carbons (Fsp3) is 0.700. The molecular formula is C40H63N4O9P. The molecule has 2 aromatic heterocycles. The highest BCUT2D eigenvalue weighted by atomic mass is 31.2. The molecule has 5 rings (SSSR count). The van der Waals surface area contributed by atoms with Gasteiger partial charge in [-0.3, -0.25) is 9.05 Å². The summed E-state index contributed by atoms with van der Waals surface area (Å²) in [5.74, 6) is 0.243. The average molecular weight is 775 g/mol. The standard InChI is InChI=1S/C40H63N4O9P/c1-3-4-5-6-7-8-9-10-11-12-13-14-15-16-17-21-26-49-28-32(50-27-31-22-19-18-20-23-31)29-51-54(47,48)53-36-35-40(36,46)38(45)39(2,52-35)34-25-24-33-37(41)42-30-43-44(33)34/h18-20,22-25,30,32,35-36,38,45-46H,3-17,21,26-29H2,1-2H3,(H,47,48)(H2,41,42,43)/t32-,35-,36?,38+,39+,40+/m1/s1. The molecule has 302 valence electrons. The molecule has 3 heterocycles. The predicted octanol–water partition coefficient (Wildman–Crippen LogP) is 7.40. The monoisotopic (exact) mass is 774 g/mol. The van der Waals surface area contributed by atoms with Crippen LogP contribution in [0.25, 0.3) is 5.52 Å². The fourth-order valence-electron chi connectivity index (χ4n) is 7.49. The van der Waals surface area contributed by atoms with Gasteiger partial charge in [0, 0.05) is 6.61 Å². The van der Waals surface area contributed by atoms with E-state index in [9.17, 15) is 19.7 Å². The molecule has 54 heavy (non-hydrogen) atoms. The molecule has 1 saturated carbocycles. The van der Waals surface area contributed by atoms with Crippen molar-refractivity contribution in [3.63, 3.8) is 0 Å². The van der Waals surface area contributed by atoms with Gasteiger partial charge >= 0.3 is 7.82 Å². The number of aromatic nitrogens is 3. The lowest BCUT2D eigenvalue weighted by Gasteiger charge is -2.32. The van der Waals surface area contributed by atoms with Crippen LogP contribution in [0.1, 0.15) is 128 Å². The lowest BCUT2D eigenvalue weighted by Crippen LogP contribution is -2.46. The van der Waals surface area contributed by atoms with Crippen molar-refractivity contribution in [1.82, 2.24) is 14.6 Å². The SMILES string of the molecule is CCCCCCCCCCCCCCCCCCOC[C@H](COP(=O)(O)OC1[C@H]2O[C@@](C)(c3ccc4c(N)ncnn34)[C@H](O)[C@@]12O)OCc1ccccc1. The molecule has 5 N–H and O–H groups in total. The number of anilines is 1. The first-order valence-electron chi connectivity index (χ1n) is 20.2. The van der Waals surface area contributed by atoms with Gasteiger partial charge in [-0.05, 0) is 31.0 Å². The Morgan fingerprint density at radius 1 is 0.907 bits per heavy atom. The van der Waals surface area contributed by atoms with Gasteiger partial charge in [0.05, 0.1) is 25.5 Å². The van der Waals surface area contributed by atoms with Crippen LogP contribution in [0, 0.1) is 0 Å². The molecule has 2 fully saturated rings. The summed E-state index contributed by atoms with van der Waals surface area (Å²) >= 11 is 0. The second kappa shape index (κ2) is 20.6. The van der Waals surface area contributed by atoms with Gasteiger partial charge in [-0.1, -0.05) is 134 Å². The Labute approximate surface area is 320 Å². The van der Waals surface area contributed by atoms with E-state index in [4.69, 9.17) is 29.0 Å². The number of hydrogen-bond acceptors (Lipinski definition) is 11. The van der Waals surface area contributed by atoms with E-state index >= 15 is 0 Å². The smallest absolute Gasteiger partial charge is 0.386 e. The van der Waals surface area contributed by atoms with Gasteiger partial charge in [-0.25, -0.2) is 14.1 Å². The molecule has 0 radical (unpaired) electrons. The third kappa shape index (κ3) is 11.3. The zero-order valence-electron chi connectivity index (χ0n) is 32.2. The van der Waals surface area contributed by atoms with Crippen molar-refractivity contribution in [1.29, 1.82) is 0 Å². The Morgan fingerprint density at radius 3 is 2.11 bits per heavy atom. The van der Waals surface area contributed by atoms with Gasteiger partial charge in [0.2, 0.25) is 0 Å². The Kier molecular flexibility index (Phi) is 16.3. The summed E-state index contributed by atoms with van der Waals surface area (Å²) in [4.78, 5) is 14.6. The van der Waals surface area contributed by atoms with Crippen LogP contribution >= 0.6 is 7.82 Å². The second-order valence-corrected chi connectivity index (χ2v) is 16.6. The molecule has 1 saturated heterocycles. The van der Waals surface area contributed by atoms with Gasteiger partial charge < -0.3 is 35.1 Å². The van der Waals surface area contributed by atoms with Crippen molar-refractivity contribution in [2.24, 2.45) is 0 Å². The fourth-order valence-corrected chi connectivity index (χ4v) is 8.47. The number of benzene rings is 1. The van der Waals surface area contributed by atoms with Crippen molar-refractivity contribution in [2.75, 3.05) is 25.6 Å². The van der Waals surface area contributed by atoms with Crippen molar-refractivity contribution >= 4 is 19.2 Å². The maximum Gasteiger partial charge on any atom is 0.472 e. The number of nitrogen functional groups attached to an aromatic ring is 1. The van der Waals surface area contributed by atoms with Crippen LogP contribution < -0.4 is 5.73 Å². The third-order valence-electron chi connectivity index (χ3n) is 10.8. The lowest BCUT2D eigenvalue weighted by molar-refractivity contribution is -0.127. The van der Waals surface area contributed by atoms with Gasteiger partial charge in [0.25, 0.3) is 0 Å². The molecule has 2 unspecified atom stereocenters. The zero-order chi connectivity index (χ0) is 38.4. The first-order valence-corrected chi connectivity index (χ1v) is 21.7. The summed E-state index contributed by atoms with van der Waals surface area (Å²) in [6.07, 6.45) is 17.5. The number of phosphoric acid groups is 1. The molecule has 0 amide bonds. The number of fused-ring (bicyclic) bond motifs is 2. The summed E-state index contributed by atoms with van der Waals surface area (Å²) in [7, 11) is -4.71. The number of ether oxygens (including phenoxy) is 3. The molecular weight excluding hydrogens is 711 g/mol. The molecule has 1 aromatic carbocycles. The van der Waals surface area contributed by atoms with E-state index in [1.165, 1.54) is 101 Å². The Morgan fingerprint density at radius 2 is 1.52 bits per heavy atom. The largest absolute Gasteiger partial charge is 0.472 e. The van der Waals surface area contributed by atoms with Crippen LogP contribution in [0.2, 0.25) is 0 Å². The van der Waals surface area contributed by atoms with Crippen LogP contribution in [0.4, 0.5) is 5.82 Å². The van der Waals surface area contributed by atoms with Gasteiger partial charge in [0.15, 0.2) is 11.4 Å². The summed E-state index contributed by atoms with van der Waals surface area (Å²) in [6.45, 7) is 4.57. The lowest BCUT2D eigenvalue weighted by atomic mass is 9.91. The van der Waals surface area contributed by atoms with Crippen LogP contribution in [0.15, 0.2) is 48.8 Å². The van der Waals surface area contributed by atoms with Crippen LogP contribution in [-0.4, -0.2) is 79.5 Å². The van der Waals surface area contributed by atoms with E-state index in [2.05, 4.69) is 17.0 Å². The summed E-state index contributed by atoms with van der Waals surface area (Å²) in [5.41, 5.74) is 4.48. The zero-order valence-corrected chi connectivity index (χ0v) is 33.1. The molecule has 1 aliphatic heterocycles. The number of unbranched alkanes of at least 4 members (excludes halogenated alkanes) is 15. The first-order chi connectivity index (χ1) is 26.1. The van der Waals surface area contributed by atoms with E-state index in [-0.39, 0.29) is 25.6 Å². The number of aliphatic hydroxyl groups excluding tert-OH is 1. The Balaban J connectivity index is 0.989. The molecule has 14 heteroatoms. The van der Waals surface area contributed by atoms with E-state index in [1.807, 2.05) is 30.3 Å².